The van der Waals surface area contributed by atoms with E-state index in [-0.39, 0.29) is 17.9 Å². The number of hydrogen-bond donors (Lipinski definition) is 5. The lowest BCUT2D eigenvalue weighted by molar-refractivity contribution is -0.147. The molecular weight excluding hydrogens is 318 g/mol. The molecule has 9 nitrogen and oxygen atoms in total. The van der Waals surface area contributed by atoms with Gasteiger partial charge in [0.2, 0.25) is 11.8 Å². The van der Waals surface area contributed by atoms with Crippen LogP contribution in [-0.4, -0.2) is 58.6 Å². The molecule has 0 saturated carbocycles. The first-order valence-electron chi connectivity index (χ1n) is 7.99. The molecule has 1 rings (SSSR count). The van der Waals surface area contributed by atoms with Gasteiger partial charge in [-0.15, -0.1) is 0 Å². The van der Waals surface area contributed by atoms with Crippen molar-refractivity contribution in [2.24, 2.45) is 5.92 Å². The van der Waals surface area contributed by atoms with E-state index in [1.165, 1.54) is 0 Å². The van der Waals surface area contributed by atoms with Crippen LogP contribution in [0.4, 0.5) is 0 Å². The van der Waals surface area contributed by atoms with Crippen molar-refractivity contribution in [1.29, 1.82) is 0 Å². The van der Waals surface area contributed by atoms with Gasteiger partial charge in [0.25, 0.3) is 0 Å². The van der Waals surface area contributed by atoms with Crippen LogP contribution >= 0.6 is 0 Å². The Morgan fingerprint density at radius 1 is 1.12 bits per heavy atom. The van der Waals surface area contributed by atoms with Crippen molar-refractivity contribution in [2.75, 3.05) is 6.54 Å². The second kappa shape index (κ2) is 9.21. The van der Waals surface area contributed by atoms with Crippen molar-refractivity contribution < 1.29 is 29.4 Å². The molecule has 1 fully saturated rings. The normalized spacial score (nSPS) is 19.5. The summed E-state index contributed by atoms with van der Waals surface area (Å²) in [6, 6.07) is -2.80. The minimum absolute atomic E-state index is 0.0836. The second-order valence-electron chi connectivity index (χ2n) is 6.34. The first-order chi connectivity index (χ1) is 11.2. The maximum absolute atomic E-state index is 12.3. The molecule has 2 amide bonds. The van der Waals surface area contributed by atoms with Crippen molar-refractivity contribution in [3.63, 3.8) is 0 Å². The predicted molar refractivity (Wildman–Crippen MR) is 84.2 cm³/mol. The quantitative estimate of drug-likeness (QED) is 0.373. The van der Waals surface area contributed by atoms with Crippen LogP contribution in [0.5, 0.6) is 0 Å². The summed E-state index contributed by atoms with van der Waals surface area (Å²) in [7, 11) is 0. The number of carboxylic acid groups (broad SMARTS) is 2. The molecular formula is C15H25N3O6. The predicted octanol–water partition coefficient (Wildman–Crippen LogP) is -0.687. The Labute approximate surface area is 140 Å². The Bertz CT molecular complexity index is 488. The van der Waals surface area contributed by atoms with Crippen LogP contribution in [-0.2, 0) is 19.2 Å². The summed E-state index contributed by atoms with van der Waals surface area (Å²) < 4.78 is 0. The van der Waals surface area contributed by atoms with E-state index in [9.17, 15) is 19.2 Å². The molecule has 9 heteroatoms. The third-order valence-electron chi connectivity index (χ3n) is 3.71. The summed E-state index contributed by atoms with van der Waals surface area (Å²) in [6.07, 6.45) is 1.15. The highest BCUT2D eigenvalue weighted by Crippen LogP contribution is 2.09. The van der Waals surface area contributed by atoms with E-state index in [4.69, 9.17) is 10.2 Å². The summed E-state index contributed by atoms with van der Waals surface area (Å²) in [5.74, 6) is -3.68. The average molecular weight is 343 g/mol. The first kappa shape index (κ1) is 19.9. The number of hydrogen-bond acceptors (Lipinski definition) is 5. The summed E-state index contributed by atoms with van der Waals surface area (Å²) in [5.41, 5.74) is 0. The third kappa shape index (κ3) is 6.53. The highest BCUT2D eigenvalue weighted by atomic mass is 16.4. The molecule has 3 atom stereocenters. The van der Waals surface area contributed by atoms with Crippen molar-refractivity contribution in [2.45, 2.75) is 57.7 Å². The number of rotatable bonds is 9. The first-order valence-corrected chi connectivity index (χ1v) is 7.99. The Kier molecular flexibility index (Phi) is 7.63. The fraction of sp³-hybridized carbons (Fsp3) is 0.733. The van der Waals surface area contributed by atoms with Gasteiger partial charge in [0.1, 0.15) is 12.1 Å². The van der Waals surface area contributed by atoms with Gasteiger partial charge in [-0.25, -0.2) is 4.79 Å². The molecule has 0 aliphatic carbocycles. The number of carbonyl (C=O) groups excluding carboxylic acids is 2. The Morgan fingerprint density at radius 2 is 1.79 bits per heavy atom. The number of amides is 2. The molecule has 1 heterocycles. The molecule has 1 saturated heterocycles. The van der Waals surface area contributed by atoms with Crippen molar-refractivity contribution in [3.8, 4) is 0 Å². The minimum Gasteiger partial charge on any atom is -0.481 e. The molecule has 1 aliphatic heterocycles. The molecule has 0 unspecified atom stereocenters. The van der Waals surface area contributed by atoms with Gasteiger partial charge in [-0.2, -0.15) is 0 Å². The monoisotopic (exact) mass is 343 g/mol. The van der Waals surface area contributed by atoms with Crippen LogP contribution in [0.1, 0.15) is 39.5 Å². The fourth-order valence-corrected chi connectivity index (χ4v) is 2.53. The van der Waals surface area contributed by atoms with Gasteiger partial charge in [-0.3, -0.25) is 14.4 Å². The molecule has 24 heavy (non-hydrogen) atoms. The molecule has 1 aliphatic rings. The van der Waals surface area contributed by atoms with E-state index in [2.05, 4.69) is 16.0 Å². The van der Waals surface area contributed by atoms with Gasteiger partial charge in [-0.1, -0.05) is 13.8 Å². The van der Waals surface area contributed by atoms with Crippen molar-refractivity contribution >= 4 is 23.8 Å². The molecule has 0 radical (unpaired) electrons. The molecule has 0 spiro atoms. The molecule has 0 bridgehead atoms. The molecule has 136 valence electrons. The Morgan fingerprint density at radius 3 is 2.25 bits per heavy atom. The highest BCUT2D eigenvalue weighted by molar-refractivity contribution is 5.92. The van der Waals surface area contributed by atoms with Crippen molar-refractivity contribution in [1.82, 2.24) is 16.0 Å². The van der Waals surface area contributed by atoms with E-state index in [0.29, 0.717) is 12.8 Å². The van der Waals surface area contributed by atoms with Gasteiger partial charge >= 0.3 is 11.9 Å². The Balaban J connectivity index is 2.73. The second-order valence-corrected chi connectivity index (χ2v) is 6.34. The van der Waals surface area contributed by atoms with E-state index in [1.807, 2.05) is 13.8 Å². The topological polar surface area (TPSA) is 145 Å². The zero-order valence-electron chi connectivity index (χ0n) is 13.9. The standard InChI is InChI=1S/C15H25N3O6/c1-8(2)6-10(17-13(21)9-4-3-5-16-9)14(22)18-11(15(23)24)7-12(19)20/h8-11,16H,3-7H2,1-2H3,(H,17,21)(H,18,22)(H,19,20)(H,23,24)/t9-,10-,11-/m0/s1. The lowest BCUT2D eigenvalue weighted by Gasteiger charge is -2.23. The van der Waals surface area contributed by atoms with Crippen LogP contribution in [0.2, 0.25) is 0 Å². The van der Waals surface area contributed by atoms with E-state index in [1.54, 1.807) is 0 Å². The number of carbonyl (C=O) groups is 4. The maximum Gasteiger partial charge on any atom is 0.326 e. The fourth-order valence-electron chi connectivity index (χ4n) is 2.53. The molecule has 5 N–H and O–H groups in total. The van der Waals surface area contributed by atoms with Gasteiger partial charge < -0.3 is 26.2 Å². The summed E-state index contributed by atoms with van der Waals surface area (Å²) in [4.78, 5) is 46.3. The van der Waals surface area contributed by atoms with E-state index < -0.39 is 36.4 Å². The van der Waals surface area contributed by atoms with Crippen LogP contribution in [0.15, 0.2) is 0 Å². The van der Waals surface area contributed by atoms with Crippen LogP contribution in [0.3, 0.4) is 0 Å². The number of nitrogens with one attached hydrogen (secondary N) is 3. The highest BCUT2D eigenvalue weighted by Gasteiger charge is 2.31. The third-order valence-corrected chi connectivity index (χ3v) is 3.71. The van der Waals surface area contributed by atoms with Crippen LogP contribution in [0, 0.1) is 5.92 Å². The smallest absolute Gasteiger partial charge is 0.326 e. The Hall–Kier alpha value is -2.16. The average Bonchev–Trinajstić information content (AvgIpc) is 2.98. The lowest BCUT2D eigenvalue weighted by Crippen LogP contribution is -2.55. The largest absolute Gasteiger partial charge is 0.481 e. The molecule has 0 aromatic heterocycles. The summed E-state index contributed by atoms with van der Waals surface area (Å²) in [5, 5.41) is 25.6. The maximum atomic E-state index is 12.3. The minimum atomic E-state index is -1.54. The summed E-state index contributed by atoms with van der Waals surface area (Å²) >= 11 is 0. The SMILES string of the molecule is CC(C)C[C@H](NC(=O)[C@@H]1CCCN1)C(=O)N[C@@H](CC(=O)O)C(=O)O. The summed E-state index contributed by atoms with van der Waals surface area (Å²) in [6.45, 7) is 4.47. The van der Waals surface area contributed by atoms with Gasteiger partial charge in [0.15, 0.2) is 0 Å². The number of carboxylic acids is 2. The number of aliphatic carboxylic acids is 2. The van der Waals surface area contributed by atoms with Crippen molar-refractivity contribution in [3.05, 3.63) is 0 Å². The molecule has 0 aromatic rings. The zero-order chi connectivity index (χ0) is 18.3. The molecule has 0 aromatic carbocycles. The van der Waals surface area contributed by atoms with Gasteiger partial charge in [-0.05, 0) is 31.7 Å². The van der Waals surface area contributed by atoms with Crippen LogP contribution in [0.25, 0.3) is 0 Å². The lowest BCUT2D eigenvalue weighted by atomic mass is 10.0. The van der Waals surface area contributed by atoms with Crippen LogP contribution < -0.4 is 16.0 Å². The van der Waals surface area contributed by atoms with E-state index >= 15 is 0 Å². The van der Waals surface area contributed by atoms with Gasteiger partial charge in [0.05, 0.1) is 12.5 Å². The zero-order valence-corrected chi connectivity index (χ0v) is 13.9. The van der Waals surface area contributed by atoms with Gasteiger partial charge in [0, 0.05) is 0 Å². The van der Waals surface area contributed by atoms with E-state index in [0.717, 1.165) is 13.0 Å².